The van der Waals surface area contributed by atoms with E-state index >= 15 is 0 Å². The lowest BCUT2D eigenvalue weighted by molar-refractivity contribution is 0.233. The lowest BCUT2D eigenvalue weighted by atomic mass is 10.1. The normalized spacial score (nSPS) is 12.0. The molecule has 1 atom stereocenters. The van der Waals surface area contributed by atoms with E-state index in [1.165, 1.54) is 6.07 Å². The van der Waals surface area contributed by atoms with Gasteiger partial charge in [-0.15, -0.1) is 0 Å². The van der Waals surface area contributed by atoms with E-state index in [9.17, 15) is 9.18 Å². The standard InChI is InChI=1S/C19H24FN3O/c1-23(2)18(16-9-4-3-5-10-16)14-22-19(24)21-13-12-15-8-6-7-11-17(15)20/h3-11,18H,12-14H2,1-2H3,(H2,21,22,24). The first-order valence-corrected chi connectivity index (χ1v) is 8.04. The Hall–Kier alpha value is -2.40. The Labute approximate surface area is 142 Å². The first-order chi connectivity index (χ1) is 11.6. The number of likely N-dealkylation sites (N-methyl/N-ethyl adjacent to an activating group) is 1. The SMILES string of the molecule is CN(C)C(CNC(=O)NCCc1ccccc1F)c1ccccc1. The van der Waals surface area contributed by atoms with Crippen LogP contribution in [0.15, 0.2) is 54.6 Å². The zero-order chi connectivity index (χ0) is 17.4. The van der Waals surface area contributed by atoms with E-state index in [2.05, 4.69) is 15.5 Å². The number of carbonyl (C=O) groups excluding carboxylic acids is 1. The first kappa shape index (κ1) is 17.9. The molecule has 0 aliphatic rings. The van der Waals surface area contributed by atoms with Gasteiger partial charge in [-0.05, 0) is 37.7 Å². The highest BCUT2D eigenvalue weighted by atomic mass is 19.1. The molecular formula is C19H24FN3O. The number of carbonyl (C=O) groups is 1. The van der Waals surface area contributed by atoms with Gasteiger partial charge < -0.3 is 15.5 Å². The fraction of sp³-hybridized carbons (Fsp3) is 0.316. The molecule has 5 heteroatoms. The van der Waals surface area contributed by atoms with Gasteiger partial charge in [0.05, 0.1) is 6.04 Å². The number of nitrogens with zero attached hydrogens (tertiary/aromatic N) is 1. The van der Waals surface area contributed by atoms with Crippen LogP contribution in [-0.2, 0) is 6.42 Å². The lowest BCUT2D eigenvalue weighted by Gasteiger charge is -2.25. The molecule has 0 aliphatic heterocycles. The van der Waals surface area contributed by atoms with Gasteiger partial charge in [-0.2, -0.15) is 0 Å². The maximum absolute atomic E-state index is 13.5. The monoisotopic (exact) mass is 329 g/mol. The molecule has 24 heavy (non-hydrogen) atoms. The molecule has 2 aromatic carbocycles. The van der Waals surface area contributed by atoms with Crippen LogP contribution in [0, 0.1) is 5.82 Å². The van der Waals surface area contributed by atoms with Crippen LogP contribution in [0.1, 0.15) is 17.2 Å². The minimum atomic E-state index is -0.242. The van der Waals surface area contributed by atoms with Gasteiger partial charge in [0.15, 0.2) is 0 Å². The average Bonchev–Trinajstić information content (AvgIpc) is 2.57. The van der Waals surface area contributed by atoms with Crippen molar-refractivity contribution in [2.45, 2.75) is 12.5 Å². The number of hydrogen-bond donors (Lipinski definition) is 2. The summed E-state index contributed by atoms with van der Waals surface area (Å²) in [6.45, 7) is 0.896. The van der Waals surface area contributed by atoms with Crippen molar-refractivity contribution in [2.75, 3.05) is 27.2 Å². The highest BCUT2D eigenvalue weighted by molar-refractivity contribution is 5.73. The fourth-order valence-corrected chi connectivity index (χ4v) is 2.54. The minimum absolute atomic E-state index is 0.100. The van der Waals surface area contributed by atoms with E-state index in [4.69, 9.17) is 0 Å². The molecule has 0 spiro atoms. The number of urea groups is 1. The zero-order valence-corrected chi connectivity index (χ0v) is 14.1. The predicted molar refractivity (Wildman–Crippen MR) is 94.4 cm³/mol. The summed E-state index contributed by atoms with van der Waals surface area (Å²) >= 11 is 0. The zero-order valence-electron chi connectivity index (χ0n) is 14.1. The molecule has 4 nitrogen and oxygen atoms in total. The van der Waals surface area contributed by atoms with E-state index < -0.39 is 0 Å². The van der Waals surface area contributed by atoms with Crippen molar-refractivity contribution in [3.8, 4) is 0 Å². The van der Waals surface area contributed by atoms with Gasteiger partial charge >= 0.3 is 6.03 Å². The van der Waals surface area contributed by atoms with Crippen molar-refractivity contribution in [3.05, 3.63) is 71.5 Å². The van der Waals surface area contributed by atoms with E-state index in [0.717, 1.165) is 5.56 Å². The van der Waals surface area contributed by atoms with Crippen LogP contribution in [0.3, 0.4) is 0 Å². The molecule has 0 aromatic heterocycles. The van der Waals surface area contributed by atoms with Gasteiger partial charge in [0, 0.05) is 13.1 Å². The van der Waals surface area contributed by atoms with E-state index in [1.54, 1.807) is 18.2 Å². The molecule has 1 unspecified atom stereocenters. The molecule has 0 aliphatic carbocycles. The van der Waals surface area contributed by atoms with E-state index in [-0.39, 0.29) is 17.9 Å². The second kappa shape index (κ2) is 9.03. The van der Waals surface area contributed by atoms with Crippen molar-refractivity contribution >= 4 is 6.03 Å². The minimum Gasteiger partial charge on any atom is -0.338 e. The number of benzene rings is 2. The van der Waals surface area contributed by atoms with Gasteiger partial charge in [-0.1, -0.05) is 48.5 Å². The predicted octanol–water partition coefficient (Wildman–Crippen LogP) is 2.97. The third kappa shape index (κ3) is 5.35. The molecule has 128 valence electrons. The van der Waals surface area contributed by atoms with Crippen LogP contribution < -0.4 is 10.6 Å². The molecule has 0 saturated carbocycles. The van der Waals surface area contributed by atoms with Crippen molar-refractivity contribution in [1.82, 2.24) is 15.5 Å². The summed E-state index contributed by atoms with van der Waals surface area (Å²) in [5, 5.41) is 5.65. The van der Waals surface area contributed by atoms with Crippen LogP contribution in [0.2, 0.25) is 0 Å². The Balaban J connectivity index is 1.78. The Morgan fingerprint density at radius 1 is 1.04 bits per heavy atom. The van der Waals surface area contributed by atoms with E-state index in [1.807, 2.05) is 44.4 Å². The maximum Gasteiger partial charge on any atom is 0.314 e. The number of amides is 2. The summed E-state index contributed by atoms with van der Waals surface area (Å²) < 4.78 is 13.5. The van der Waals surface area contributed by atoms with Crippen molar-refractivity contribution < 1.29 is 9.18 Å². The van der Waals surface area contributed by atoms with Crippen molar-refractivity contribution in [2.24, 2.45) is 0 Å². The fourth-order valence-electron chi connectivity index (χ4n) is 2.54. The average molecular weight is 329 g/mol. The molecule has 0 bridgehead atoms. The highest BCUT2D eigenvalue weighted by Crippen LogP contribution is 2.16. The lowest BCUT2D eigenvalue weighted by Crippen LogP contribution is -2.41. The first-order valence-electron chi connectivity index (χ1n) is 8.04. The summed E-state index contributed by atoms with van der Waals surface area (Å²) in [5.74, 6) is -0.239. The van der Waals surface area contributed by atoms with Gasteiger partial charge in [0.2, 0.25) is 0 Å². The third-order valence-electron chi connectivity index (χ3n) is 3.90. The summed E-state index contributed by atoms with van der Waals surface area (Å²) in [7, 11) is 3.96. The quantitative estimate of drug-likeness (QED) is 0.820. The number of halogens is 1. The molecule has 2 N–H and O–H groups in total. The Bertz CT molecular complexity index is 646. The van der Waals surface area contributed by atoms with Crippen LogP contribution in [-0.4, -0.2) is 38.1 Å². The number of hydrogen-bond acceptors (Lipinski definition) is 2. The molecular weight excluding hydrogens is 305 g/mol. The Morgan fingerprint density at radius 2 is 1.71 bits per heavy atom. The Morgan fingerprint density at radius 3 is 2.38 bits per heavy atom. The molecule has 2 aromatic rings. The third-order valence-corrected chi connectivity index (χ3v) is 3.90. The summed E-state index contributed by atoms with van der Waals surface area (Å²) in [6.07, 6.45) is 0.468. The summed E-state index contributed by atoms with van der Waals surface area (Å²) in [5.41, 5.74) is 1.75. The van der Waals surface area contributed by atoms with Gasteiger partial charge in [0.25, 0.3) is 0 Å². The van der Waals surface area contributed by atoms with Crippen LogP contribution in [0.4, 0.5) is 9.18 Å². The second-order valence-corrected chi connectivity index (χ2v) is 5.87. The second-order valence-electron chi connectivity index (χ2n) is 5.87. The van der Waals surface area contributed by atoms with Crippen molar-refractivity contribution in [1.29, 1.82) is 0 Å². The molecule has 0 saturated heterocycles. The van der Waals surface area contributed by atoms with Gasteiger partial charge in [0.1, 0.15) is 5.82 Å². The molecule has 0 radical (unpaired) electrons. The van der Waals surface area contributed by atoms with Gasteiger partial charge in [-0.25, -0.2) is 9.18 Å². The van der Waals surface area contributed by atoms with Gasteiger partial charge in [-0.3, -0.25) is 0 Å². The molecule has 2 rings (SSSR count). The van der Waals surface area contributed by atoms with E-state index in [0.29, 0.717) is 25.1 Å². The smallest absolute Gasteiger partial charge is 0.314 e. The summed E-state index contributed by atoms with van der Waals surface area (Å²) in [4.78, 5) is 14.0. The van der Waals surface area contributed by atoms with Crippen LogP contribution in [0.5, 0.6) is 0 Å². The topological polar surface area (TPSA) is 44.4 Å². The Kier molecular flexibility index (Phi) is 6.75. The highest BCUT2D eigenvalue weighted by Gasteiger charge is 2.14. The number of nitrogens with one attached hydrogen (secondary N) is 2. The number of rotatable bonds is 7. The molecule has 2 amide bonds. The molecule has 0 heterocycles. The van der Waals surface area contributed by atoms with Crippen molar-refractivity contribution in [3.63, 3.8) is 0 Å². The largest absolute Gasteiger partial charge is 0.338 e. The maximum atomic E-state index is 13.5. The molecule has 0 fully saturated rings. The van der Waals surface area contributed by atoms with Crippen LogP contribution >= 0.6 is 0 Å². The summed E-state index contributed by atoms with van der Waals surface area (Å²) in [6, 6.07) is 16.5. The van der Waals surface area contributed by atoms with Crippen LogP contribution in [0.25, 0.3) is 0 Å².